The molecule has 0 aliphatic carbocycles. The molecule has 2 aromatic heterocycles. The fraction of sp³-hybridized carbons (Fsp3) is 0.545. The third kappa shape index (κ3) is 2.71. The van der Waals surface area contributed by atoms with Crippen LogP contribution in [0.2, 0.25) is 0 Å². The van der Waals surface area contributed by atoms with E-state index in [2.05, 4.69) is 20.5 Å². The zero-order chi connectivity index (χ0) is 12.1. The smallest absolute Gasteiger partial charge is 0.203 e. The van der Waals surface area contributed by atoms with Gasteiger partial charge in [-0.1, -0.05) is 6.42 Å². The van der Waals surface area contributed by atoms with E-state index in [-0.39, 0.29) is 0 Å². The number of nitrogens with two attached hydrogens (primary N) is 1. The van der Waals surface area contributed by atoms with Gasteiger partial charge in [0.05, 0.1) is 0 Å². The Labute approximate surface area is 100 Å². The summed E-state index contributed by atoms with van der Waals surface area (Å²) in [4.78, 5) is 4.28. The molecule has 0 amide bonds. The molecule has 0 aromatic carbocycles. The lowest BCUT2D eigenvalue weighted by atomic mass is 10.2. The SMILES string of the molecule is Cc1nnc2c(NCCCCCN)nccn12. The summed E-state index contributed by atoms with van der Waals surface area (Å²) in [7, 11) is 0. The summed E-state index contributed by atoms with van der Waals surface area (Å²) in [5.74, 6) is 1.66. The number of nitrogens with one attached hydrogen (secondary N) is 1. The van der Waals surface area contributed by atoms with Crippen molar-refractivity contribution in [1.82, 2.24) is 19.6 Å². The average Bonchev–Trinajstić information content (AvgIpc) is 2.72. The lowest BCUT2D eigenvalue weighted by Crippen LogP contribution is -2.06. The van der Waals surface area contributed by atoms with Crippen LogP contribution in [0.15, 0.2) is 12.4 Å². The first-order valence-corrected chi connectivity index (χ1v) is 5.93. The Hall–Kier alpha value is -1.69. The standard InChI is InChI=1S/C11H18N6/c1-9-15-16-11-10(14-7-8-17(9)11)13-6-4-2-3-5-12/h7-8H,2-6,12H2,1H3,(H,13,14). The summed E-state index contributed by atoms with van der Waals surface area (Å²) in [6.45, 7) is 3.57. The summed E-state index contributed by atoms with van der Waals surface area (Å²) in [5, 5.41) is 11.4. The highest BCUT2D eigenvalue weighted by Gasteiger charge is 2.06. The van der Waals surface area contributed by atoms with Crippen LogP contribution in [0.5, 0.6) is 0 Å². The van der Waals surface area contributed by atoms with Gasteiger partial charge in [-0.3, -0.25) is 4.40 Å². The summed E-state index contributed by atoms with van der Waals surface area (Å²) in [6.07, 6.45) is 6.92. The number of nitrogens with zero attached hydrogens (tertiary/aromatic N) is 4. The van der Waals surface area contributed by atoms with Crippen molar-refractivity contribution in [3.05, 3.63) is 18.2 Å². The Morgan fingerprint density at radius 3 is 3.00 bits per heavy atom. The zero-order valence-electron chi connectivity index (χ0n) is 10.1. The Morgan fingerprint density at radius 1 is 1.29 bits per heavy atom. The maximum Gasteiger partial charge on any atom is 0.203 e. The number of aromatic nitrogens is 4. The Morgan fingerprint density at radius 2 is 2.18 bits per heavy atom. The number of unbranched alkanes of at least 4 members (excludes halogenated alkanes) is 2. The molecule has 0 aliphatic rings. The van der Waals surface area contributed by atoms with Crippen molar-refractivity contribution in [2.75, 3.05) is 18.4 Å². The van der Waals surface area contributed by atoms with Crippen molar-refractivity contribution in [3.8, 4) is 0 Å². The molecule has 0 saturated heterocycles. The van der Waals surface area contributed by atoms with Crippen LogP contribution < -0.4 is 11.1 Å². The number of hydrogen-bond donors (Lipinski definition) is 2. The Balaban J connectivity index is 1.99. The minimum absolute atomic E-state index is 0.761. The van der Waals surface area contributed by atoms with Crippen LogP contribution >= 0.6 is 0 Å². The van der Waals surface area contributed by atoms with Crippen molar-refractivity contribution < 1.29 is 0 Å². The highest BCUT2D eigenvalue weighted by Crippen LogP contribution is 2.11. The molecule has 0 aliphatic heterocycles. The van der Waals surface area contributed by atoms with E-state index >= 15 is 0 Å². The third-order valence-corrected chi connectivity index (χ3v) is 2.67. The first-order valence-electron chi connectivity index (χ1n) is 5.93. The minimum atomic E-state index is 0.761. The number of anilines is 1. The predicted octanol–water partition coefficient (Wildman–Crippen LogP) is 0.974. The molecule has 3 N–H and O–H groups in total. The molecular formula is C11H18N6. The minimum Gasteiger partial charge on any atom is -0.367 e. The van der Waals surface area contributed by atoms with Gasteiger partial charge in [0.2, 0.25) is 5.65 Å². The predicted molar refractivity (Wildman–Crippen MR) is 66.9 cm³/mol. The molecular weight excluding hydrogens is 216 g/mol. The topological polar surface area (TPSA) is 81.1 Å². The maximum atomic E-state index is 5.44. The second-order valence-electron chi connectivity index (χ2n) is 3.99. The van der Waals surface area contributed by atoms with E-state index in [9.17, 15) is 0 Å². The van der Waals surface area contributed by atoms with E-state index in [0.717, 1.165) is 49.6 Å². The molecule has 6 heteroatoms. The first kappa shape index (κ1) is 11.8. The largest absolute Gasteiger partial charge is 0.367 e. The highest BCUT2D eigenvalue weighted by atomic mass is 15.3. The molecule has 0 bridgehead atoms. The fourth-order valence-corrected chi connectivity index (χ4v) is 1.72. The van der Waals surface area contributed by atoms with Crippen molar-refractivity contribution in [2.24, 2.45) is 5.73 Å². The van der Waals surface area contributed by atoms with E-state index in [1.165, 1.54) is 0 Å². The van der Waals surface area contributed by atoms with Gasteiger partial charge in [-0.15, -0.1) is 10.2 Å². The van der Waals surface area contributed by atoms with Crippen LogP contribution in [0.3, 0.4) is 0 Å². The summed E-state index contributed by atoms with van der Waals surface area (Å²) in [5.41, 5.74) is 6.23. The van der Waals surface area contributed by atoms with E-state index in [0.29, 0.717) is 0 Å². The van der Waals surface area contributed by atoms with Crippen LogP contribution in [0.4, 0.5) is 5.82 Å². The molecule has 0 unspecified atom stereocenters. The number of aryl methyl sites for hydroxylation is 1. The van der Waals surface area contributed by atoms with Crippen molar-refractivity contribution in [3.63, 3.8) is 0 Å². The van der Waals surface area contributed by atoms with Crippen molar-refractivity contribution in [1.29, 1.82) is 0 Å². The summed E-state index contributed by atoms with van der Waals surface area (Å²) in [6, 6.07) is 0. The number of hydrogen-bond acceptors (Lipinski definition) is 5. The monoisotopic (exact) mass is 234 g/mol. The van der Waals surface area contributed by atoms with Gasteiger partial charge >= 0.3 is 0 Å². The molecule has 0 spiro atoms. The molecule has 17 heavy (non-hydrogen) atoms. The van der Waals surface area contributed by atoms with Gasteiger partial charge in [0.25, 0.3) is 0 Å². The Kier molecular flexibility index (Phi) is 3.87. The summed E-state index contributed by atoms with van der Waals surface area (Å²) >= 11 is 0. The lowest BCUT2D eigenvalue weighted by molar-refractivity contribution is 0.706. The molecule has 2 aromatic rings. The van der Waals surface area contributed by atoms with Gasteiger partial charge in [-0.05, 0) is 26.3 Å². The molecule has 0 saturated carbocycles. The van der Waals surface area contributed by atoms with Crippen LogP contribution in [0.1, 0.15) is 25.1 Å². The normalized spacial score (nSPS) is 10.9. The quantitative estimate of drug-likeness (QED) is 0.728. The van der Waals surface area contributed by atoms with Gasteiger partial charge in [-0.2, -0.15) is 0 Å². The second kappa shape index (κ2) is 5.58. The number of rotatable bonds is 6. The molecule has 2 heterocycles. The fourth-order valence-electron chi connectivity index (χ4n) is 1.72. The maximum absolute atomic E-state index is 5.44. The highest BCUT2D eigenvalue weighted by molar-refractivity contribution is 5.61. The number of fused-ring (bicyclic) bond motifs is 1. The van der Waals surface area contributed by atoms with Gasteiger partial charge in [0.15, 0.2) is 5.82 Å². The van der Waals surface area contributed by atoms with Crippen LogP contribution in [0.25, 0.3) is 5.65 Å². The first-order chi connectivity index (χ1) is 8.33. The second-order valence-corrected chi connectivity index (χ2v) is 3.99. The van der Waals surface area contributed by atoms with E-state index < -0.39 is 0 Å². The summed E-state index contributed by atoms with van der Waals surface area (Å²) < 4.78 is 1.93. The molecule has 0 atom stereocenters. The Bertz CT molecular complexity index is 478. The van der Waals surface area contributed by atoms with E-state index in [1.54, 1.807) is 6.20 Å². The zero-order valence-corrected chi connectivity index (χ0v) is 10.1. The third-order valence-electron chi connectivity index (χ3n) is 2.67. The van der Waals surface area contributed by atoms with Gasteiger partial charge in [0, 0.05) is 18.9 Å². The van der Waals surface area contributed by atoms with Crippen LogP contribution in [-0.2, 0) is 0 Å². The van der Waals surface area contributed by atoms with Crippen LogP contribution in [-0.4, -0.2) is 32.7 Å². The molecule has 0 fully saturated rings. The van der Waals surface area contributed by atoms with Gasteiger partial charge < -0.3 is 11.1 Å². The molecule has 92 valence electrons. The average molecular weight is 234 g/mol. The van der Waals surface area contributed by atoms with E-state index in [4.69, 9.17) is 5.73 Å². The lowest BCUT2D eigenvalue weighted by Gasteiger charge is -2.05. The van der Waals surface area contributed by atoms with Crippen molar-refractivity contribution in [2.45, 2.75) is 26.2 Å². The van der Waals surface area contributed by atoms with E-state index in [1.807, 2.05) is 17.5 Å². The molecule has 2 rings (SSSR count). The molecule has 6 nitrogen and oxygen atoms in total. The van der Waals surface area contributed by atoms with Crippen molar-refractivity contribution >= 4 is 11.5 Å². The van der Waals surface area contributed by atoms with Crippen LogP contribution in [0, 0.1) is 6.92 Å². The van der Waals surface area contributed by atoms with Gasteiger partial charge in [0.1, 0.15) is 5.82 Å². The molecule has 0 radical (unpaired) electrons. The van der Waals surface area contributed by atoms with Gasteiger partial charge in [-0.25, -0.2) is 4.98 Å².